The number of benzene rings is 1. The molecule has 1 fully saturated rings. The van der Waals surface area contributed by atoms with Gasteiger partial charge in [-0.15, -0.1) is 0 Å². The molecule has 110 valence electrons. The molecule has 0 bridgehead atoms. The number of halogens is 1. The van der Waals surface area contributed by atoms with Gasteiger partial charge in [0.2, 0.25) is 5.91 Å². The van der Waals surface area contributed by atoms with E-state index in [1.165, 1.54) is 31.0 Å². The first kappa shape index (κ1) is 14.8. The molecule has 1 heterocycles. The van der Waals surface area contributed by atoms with Crippen LogP contribution in [0.25, 0.3) is 0 Å². The zero-order chi connectivity index (χ0) is 14.5. The Labute approximate surface area is 119 Å². The van der Waals surface area contributed by atoms with E-state index in [0.717, 1.165) is 19.6 Å². The third-order valence-corrected chi connectivity index (χ3v) is 3.68. The van der Waals surface area contributed by atoms with Gasteiger partial charge in [0.1, 0.15) is 5.82 Å². The van der Waals surface area contributed by atoms with Gasteiger partial charge in [0.25, 0.3) is 0 Å². The van der Waals surface area contributed by atoms with Crippen LogP contribution in [0.2, 0.25) is 0 Å². The molecule has 0 saturated carbocycles. The lowest BCUT2D eigenvalue weighted by atomic mass is 10.0. The molecular weight excluding hydrogens is 257 g/mol. The summed E-state index contributed by atoms with van der Waals surface area (Å²) >= 11 is 0. The first-order chi connectivity index (χ1) is 9.54. The summed E-state index contributed by atoms with van der Waals surface area (Å²) in [5.74, 6) is 0.184. The minimum atomic E-state index is -0.467. The van der Waals surface area contributed by atoms with Crippen molar-refractivity contribution in [2.75, 3.05) is 30.7 Å². The number of hydrogen-bond acceptors (Lipinski definition) is 3. The summed E-state index contributed by atoms with van der Waals surface area (Å²) in [7, 11) is 0. The molecule has 1 amide bonds. The quantitative estimate of drug-likeness (QED) is 0.832. The van der Waals surface area contributed by atoms with Gasteiger partial charge < -0.3 is 16.0 Å². The van der Waals surface area contributed by atoms with Crippen molar-refractivity contribution in [1.82, 2.24) is 4.90 Å². The van der Waals surface area contributed by atoms with Crippen molar-refractivity contribution in [2.45, 2.75) is 26.2 Å². The Morgan fingerprint density at radius 2 is 2.35 bits per heavy atom. The molecule has 1 unspecified atom stereocenters. The number of nitrogens with two attached hydrogens (primary N) is 1. The molecule has 0 radical (unpaired) electrons. The van der Waals surface area contributed by atoms with Crippen LogP contribution in [0.4, 0.5) is 15.8 Å². The fourth-order valence-corrected chi connectivity index (χ4v) is 2.59. The number of nitrogens with one attached hydrogen (secondary N) is 1. The Morgan fingerprint density at radius 3 is 3.05 bits per heavy atom. The van der Waals surface area contributed by atoms with Crippen molar-refractivity contribution in [3.8, 4) is 0 Å². The number of hydrogen-bond donors (Lipinski definition) is 2. The number of nitrogens with zero attached hydrogens (tertiary/aromatic N) is 1. The summed E-state index contributed by atoms with van der Waals surface area (Å²) in [6.45, 7) is 5.15. The maximum Gasteiger partial charge on any atom is 0.225 e. The van der Waals surface area contributed by atoms with Gasteiger partial charge in [-0.2, -0.15) is 0 Å². The van der Waals surface area contributed by atoms with Crippen LogP contribution in [0.1, 0.15) is 26.2 Å². The maximum absolute atomic E-state index is 13.0. The smallest absolute Gasteiger partial charge is 0.225 e. The fourth-order valence-electron chi connectivity index (χ4n) is 2.59. The Morgan fingerprint density at radius 1 is 1.55 bits per heavy atom. The molecule has 1 saturated heterocycles. The molecule has 2 rings (SSSR count). The standard InChI is InChI=1S/C15H22FN3O/c1-11-3-2-7-19(10-11)8-6-15(20)18-12-4-5-13(16)14(17)9-12/h4-5,9,11H,2-3,6-8,10,17H2,1H3,(H,18,20). The summed E-state index contributed by atoms with van der Waals surface area (Å²) in [5, 5.41) is 2.75. The normalized spacial score (nSPS) is 19.8. The first-order valence-corrected chi connectivity index (χ1v) is 7.12. The third-order valence-electron chi connectivity index (χ3n) is 3.68. The van der Waals surface area contributed by atoms with Gasteiger partial charge in [0, 0.05) is 25.2 Å². The summed E-state index contributed by atoms with van der Waals surface area (Å²) < 4.78 is 13.0. The van der Waals surface area contributed by atoms with Crippen LogP contribution in [0.3, 0.4) is 0 Å². The van der Waals surface area contributed by atoms with Crippen LogP contribution in [-0.4, -0.2) is 30.4 Å². The predicted octanol–water partition coefficient (Wildman–Crippen LogP) is 2.47. The van der Waals surface area contributed by atoms with E-state index in [4.69, 9.17) is 5.73 Å². The van der Waals surface area contributed by atoms with Crippen molar-refractivity contribution in [1.29, 1.82) is 0 Å². The number of nitrogen functional groups attached to an aromatic ring is 1. The summed E-state index contributed by atoms with van der Waals surface area (Å²) in [4.78, 5) is 14.2. The number of amides is 1. The Bertz CT molecular complexity index is 478. The van der Waals surface area contributed by atoms with Crippen LogP contribution in [0, 0.1) is 11.7 Å². The molecule has 1 aliphatic rings. The van der Waals surface area contributed by atoms with Crippen molar-refractivity contribution in [3.63, 3.8) is 0 Å². The van der Waals surface area contributed by atoms with E-state index in [1.807, 2.05) is 0 Å². The van der Waals surface area contributed by atoms with Crippen molar-refractivity contribution in [2.24, 2.45) is 5.92 Å². The molecule has 4 nitrogen and oxygen atoms in total. The maximum atomic E-state index is 13.0. The molecule has 0 spiro atoms. The Balaban J connectivity index is 1.78. The topological polar surface area (TPSA) is 58.4 Å². The second-order valence-electron chi connectivity index (χ2n) is 5.58. The zero-order valence-electron chi connectivity index (χ0n) is 11.9. The van der Waals surface area contributed by atoms with Crippen molar-refractivity contribution < 1.29 is 9.18 Å². The SMILES string of the molecule is CC1CCCN(CCC(=O)Nc2ccc(F)c(N)c2)C1. The average Bonchev–Trinajstić information content (AvgIpc) is 2.41. The van der Waals surface area contributed by atoms with Gasteiger partial charge >= 0.3 is 0 Å². The Hall–Kier alpha value is -1.62. The van der Waals surface area contributed by atoms with Crippen LogP contribution < -0.4 is 11.1 Å². The van der Waals surface area contributed by atoms with Gasteiger partial charge in [-0.1, -0.05) is 6.92 Å². The molecule has 1 aromatic rings. The van der Waals surface area contributed by atoms with Gasteiger partial charge in [0.05, 0.1) is 5.69 Å². The average molecular weight is 279 g/mol. The van der Waals surface area contributed by atoms with E-state index in [1.54, 1.807) is 0 Å². The van der Waals surface area contributed by atoms with Gasteiger partial charge in [-0.05, 0) is 43.5 Å². The summed E-state index contributed by atoms with van der Waals surface area (Å²) in [6, 6.07) is 4.22. The molecule has 1 aromatic carbocycles. The molecule has 1 atom stereocenters. The number of piperidine rings is 1. The van der Waals surface area contributed by atoms with Crippen molar-refractivity contribution >= 4 is 17.3 Å². The summed E-state index contributed by atoms with van der Waals surface area (Å²) in [5.41, 5.74) is 6.06. The number of carbonyl (C=O) groups excluding carboxylic acids is 1. The highest BCUT2D eigenvalue weighted by Crippen LogP contribution is 2.17. The largest absolute Gasteiger partial charge is 0.396 e. The monoisotopic (exact) mass is 279 g/mol. The molecular formula is C15H22FN3O. The molecule has 1 aliphatic heterocycles. The highest BCUT2D eigenvalue weighted by molar-refractivity contribution is 5.91. The molecule has 20 heavy (non-hydrogen) atoms. The molecule has 5 heteroatoms. The van der Waals surface area contributed by atoms with E-state index in [0.29, 0.717) is 18.0 Å². The third kappa shape index (κ3) is 4.20. The lowest BCUT2D eigenvalue weighted by Gasteiger charge is -2.30. The van der Waals surface area contributed by atoms with Crippen LogP contribution >= 0.6 is 0 Å². The van der Waals surface area contributed by atoms with Crippen molar-refractivity contribution in [3.05, 3.63) is 24.0 Å². The zero-order valence-corrected chi connectivity index (χ0v) is 11.9. The second-order valence-corrected chi connectivity index (χ2v) is 5.58. The van der Waals surface area contributed by atoms with E-state index < -0.39 is 5.82 Å². The van der Waals surface area contributed by atoms with Crippen LogP contribution in [-0.2, 0) is 4.79 Å². The number of likely N-dealkylation sites (tertiary alicyclic amines) is 1. The Kier molecular flexibility index (Phi) is 4.95. The van der Waals surface area contributed by atoms with E-state index >= 15 is 0 Å². The minimum Gasteiger partial charge on any atom is -0.396 e. The van der Waals surface area contributed by atoms with Crippen LogP contribution in [0.15, 0.2) is 18.2 Å². The second kappa shape index (κ2) is 6.70. The fraction of sp³-hybridized carbons (Fsp3) is 0.533. The highest BCUT2D eigenvalue weighted by atomic mass is 19.1. The number of anilines is 2. The number of rotatable bonds is 4. The van der Waals surface area contributed by atoms with Crippen LogP contribution in [0.5, 0.6) is 0 Å². The summed E-state index contributed by atoms with van der Waals surface area (Å²) in [6.07, 6.45) is 2.93. The highest BCUT2D eigenvalue weighted by Gasteiger charge is 2.16. The lowest BCUT2D eigenvalue weighted by molar-refractivity contribution is -0.116. The van der Waals surface area contributed by atoms with E-state index in [-0.39, 0.29) is 11.6 Å². The van der Waals surface area contributed by atoms with E-state index in [2.05, 4.69) is 17.1 Å². The van der Waals surface area contributed by atoms with Gasteiger partial charge in [-0.3, -0.25) is 4.79 Å². The lowest BCUT2D eigenvalue weighted by Crippen LogP contribution is -2.36. The minimum absolute atomic E-state index is 0.0488. The predicted molar refractivity (Wildman–Crippen MR) is 78.9 cm³/mol. The van der Waals surface area contributed by atoms with Gasteiger partial charge in [0.15, 0.2) is 0 Å². The first-order valence-electron chi connectivity index (χ1n) is 7.12. The van der Waals surface area contributed by atoms with E-state index in [9.17, 15) is 9.18 Å². The van der Waals surface area contributed by atoms with Gasteiger partial charge in [-0.25, -0.2) is 4.39 Å². The molecule has 0 aliphatic carbocycles. The molecule has 3 N–H and O–H groups in total. The number of carbonyl (C=O) groups is 1. The molecule has 0 aromatic heterocycles.